The van der Waals surface area contributed by atoms with Crippen molar-refractivity contribution < 1.29 is 23.9 Å². The summed E-state index contributed by atoms with van der Waals surface area (Å²) < 4.78 is 10.1. The number of rotatable bonds is 6. The highest BCUT2D eigenvalue weighted by atomic mass is 16.6. The third-order valence-electron chi connectivity index (χ3n) is 3.35. The lowest BCUT2D eigenvalue weighted by Gasteiger charge is -2.20. The number of methoxy groups -OCH3 is 1. The Bertz CT molecular complexity index is 614. The van der Waals surface area contributed by atoms with Crippen molar-refractivity contribution in [2.75, 3.05) is 7.11 Å². The first-order valence-electron chi connectivity index (χ1n) is 8.24. The molecule has 6 nitrogen and oxygen atoms in total. The molecule has 0 radical (unpaired) electrons. The number of ether oxygens (including phenoxy) is 2. The Hall–Kier alpha value is -2.37. The van der Waals surface area contributed by atoms with Crippen molar-refractivity contribution in [3.05, 3.63) is 35.4 Å². The van der Waals surface area contributed by atoms with Crippen molar-refractivity contribution >= 4 is 17.8 Å². The Labute approximate surface area is 148 Å². The molecule has 25 heavy (non-hydrogen) atoms. The van der Waals surface area contributed by atoms with E-state index in [1.165, 1.54) is 7.11 Å². The predicted molar refractivity (Wildman–Crippen MR) is 94.1 cm³/mol. The minimum Gasteiger partial charge on any atom is -0.467 e. The standard InChI is InChI=1S/C19H27NO5/c1-12(2)16(21)20-15(18(23)24-6)11-13-7-9-14(10-8-13)17(22)25-19(3,4)5/h7-10,12,15H,11H2,1-6H3,(H,20,21)/t15-/m0/s1. The number of amides is 1. The van der Waals surface area contributed by atoms with E-state index in [0.717, 1.165) is 5.56 Å². The summed E-state index contributed by atoms with van der Waals surface area (Å²) in [5, 5.41) is 2.68. The molecule has 0 saturated heterocycles. The van der Waals surface area contributed by atoms with Crippen molar-refractivity contribution in [3.8, 4) is 0 Å². The summed E-state index contributed by atoms with van der Waals surface area (Å²) >= 11 is 0. The third kappa shape index (κ3) is 6.95. The van der Waals surface area contributed by atoms with Crippen LogP contribution in [0, 0.1) is 5.92 Å². The van der Waals surface area contributed by atoms with Crippen molar-refractivity contribution in [3.63, 3.8) is 0 Å². The van der Waals surface area contributed by atoms with Gasteiger partial charge in [0.25, 0.3) is 0 Å². The molecular formula is C19H27NO5. The first-order valence-corrected chi connectivity index (χ1v) is 8.24. The highest BCUT2D eigenvalue weighted by Gasteiger charge is 2.23. The zero-order chi connectivity index (χ0) is 19.2. The van der Waals surface area contributed by atoms with Crippen molar-refractivity contribution in [2.45, 2.75) is 52.7 Å². The maximum Gasteiger partial charge on any atom is 0.338 e. The Balaban J connectivity index is 2.83. The fourth-order valence-corrected chi connectivity index (χ4v) is 2.02. The molecule has 0 saturated carbocycles. The average Bonchev–Trinajstić information content (AvgIpc) is 2.52. The van der Waals surface area contributed by atoms with E-state index in [9.17, 15) is 14.4 Å². The summed E-state index contributed by atoms with van der Waals surface area (Å²) in [6, 6.07) is 5.98. The van der Waals surface area contributed by atoms with Crippen LogP contribution in [0.1, 0.15) is 50.5 Å². The molecule has 0 bridgehead atoms. The van der Waals surface area contributed by atoms with E-state index in [0.29, 0.717) is 5.56 Å². The molecule has 0 unspecified atom stereocenters. The number of benzene rings is 1. The number of hydrogen-bond donors (Lipinski definition) is 1. The van der Waals surface area contributed by atoms with Crippen LogP contribution in [0.5, 0.6) is 0 Å². The quantitative estimate of drug-likeness (QED) is 0.798. The van der Waals surface area contributed by atoms with Gasteiger partial charge in [-0.3, -0.25) is 4.79 Å². The summed E-state index contributed by atoms with van der Waals surface area (Å²) in [6.45, 7) is 8.91. The molecule has 0 heterocycles. The monoisotopic (exact) mass is 349 g/mol. The number of carbonyl (C=O) groups is 3. The van der Waals surface area contributed by atoms with Gasteiger partial charge in [0.05, 0.1) is 12.7 Å². The smallest absolute Gasteiger partial charge is 0.338 e. The van der Waals surface area contributed by atoms with Gasteiger partial charge in [-0.15, -0.1) is 0 Å². The minimum atomic E-state index is -0.771. The lowest BCUT2D eigenvalue weighted by atomic mass is 10.0. The van der Waals surface area contributed by atoms with Crippen molar-refractivity contribution in [2.24, 2.45) is 5.92 Å². The summed E-state index contributed by atoms with van der Waals surface area (Å²) in [6.07, 6.45) is 0.278. The first kappa shape index (κ1) is 20.7. The van der Waals surface area contributed by atoms with Crippen LogP contribution in [-0.4, -0.2) is 36.6 Å². The molecule has 0 aromatic heterocycles. The van der Waals surface area contributed by atoms with E-state index >= 15 is 0 Å². The van der Waals surface area contributed by atoms with Crippen LogP contribution in [0.2, 0.25) is 0 Å². The topological polar surface area (TPSA) is 81.7 Å². The van der Waals surface area contributed by atoms with Gasteiger partial charge in [0.15, 0.2) is 0 Å². The predicted octanol–water partition coefficient (Wildman–Crippen LogP) is 2.50. The van der Waals surface area contributed by atoms with Crippen molar-refractivity contribution in [1.29, 1.82) is 0 Å². The number of nitrogens with one attached hydrogen (secondary N) is 1. The highest BCUT2D eigenvalue weighted by Crippen LogP contribution is 2.14. The second-order valence-corrected chi connectivity index (χ2v) is 7.14. The Morgan fingerprint density at radius 3 is 2.08 bits per heavy atom. The molecule has 6 heteroatoms. The lowest BCUT2D eigenvalue weighted by molar-refractivity contribution is -0.145. The Kier molecular flexibility index (Phi) is 7.15. The molecule has 0 aliphatic carbocycles. The summed E-state index contributed by atoms with van der Waals surface area (Å²) in [5.74, 6) is -1.37. The molecule has 138 valence electrons. The molecule has 1 aromatic rings. The number of esters is 2. The maximum atomic E-state index is 12.0. The van der Waals surface area contributed by atoms with Crippen LogP contribution in [0.25, 0.3) is 0 Å². The molecule has 1 atom stereocenters. The molecule has 0 spiro atoms. The lowest BCUT2D eigenvalue weighted by Crippen LogP contribution is -2.44. The van der Waals surface area contributed by atoms with Gasteiger partial charge in [-0.2, -0.15) is 0 Å². The van der Waals surface area contributed by atoms with Crippen LogP contribution in [0.4, 0.5) is 0 Å². The van der Waals surface area contributed by atoms with Crippen LogP contribution in [-0.2, 0) is 25.5 Å². The SMILES string of the molecule is COC(=O)[C@H](Cc1ccc(C(=O)OC(C)(C)C)cc1)NC(=O)C(C)C. The Morgan fingerprint density at radius 1 is 1.08 bits per heavy atom. The average molecular weight is 349 g/mol. The molecule has 1 amide bonds. The third-order valence-corrected chi connectivity index (χ3v) is 3.35. The fraction of sp³-hybridized carbons (Fsp3) is 0.526. The molecule has 1 N–H and O–H groups in total. The van der Waals surface area contributed by atoms with Gasteiger partial charge in [0, 0.05) is 12.3 Å². The van der Waals surface area contributed by atoms with E-state index in [1.807, 2.05) is 0 Å². The van der Waals surface area contributed by atoms with Gasteiger partial charge in [-0.1, -0.05) is 26.0 Å². The largest absolute Gasteiger partial charge is 0.467 e. The zero-order valence-electron chi connectivity index (χ0n) is 15.7. The van der Waals surface area contributed by atoms with Gasteiger partial charge < -0.3 is 14.8 Å². The first-order chi connectivity index (χ1) is 11.5. The van der Waals surface area contributed by atoms with Crippen molar-refractivity contribution in [1.82, 2.24) is 5.32 Å². The normalized spacial score (nSPS) is 12.4. The van der Waals surface area contributed by atoms with Gasteiger partial charge in [0.2, 0.25) is 5.91 Å². The number of hydrogen-bond acceptors (Lipinski definition) is 5. The second-order valence-electron chi connectivity index (χ2n) is 7.14. The van der Waals surface area contributed by atoms with Crippen LogP contribution < -0.4 is 5.32 Å². The summed E-state index contributed by atoms with van der Waals surface area (Å²) in [7, 11) is 1.28. The van der Waals surface area contributed by atoms with E-state index in [1.54, 1.807) is 58.9 Å². The van der Waals surface area contributed by atoms with Crippen LogP contribution >= 0.6 is 0 Å². The number of carbonyl (C=O) groups excluding carboxylic acids is 3. The zero-order valence-corrected chi connectivity index (χ0v) is 15.7. The minimum absolute atomic E-state index is 0.222. The van der Waals surface area contributed by atoms with Gasteiger partial charge >= 0.3 is 11.9 Å². The maximum absolute atomic E-state index is 12.0. The van der Waals surface area contributed by atoms with E-state index < -0.39 is 23.6 Å². The van der Waals surface area contributed by atoms with Gasteiger partial charge in [0.1, 0.15) is 11.6 Å². The fourth-order valence-electron chi connectivity index (χ4n) is 2.02. The molecular weight excluding hydrogens is 322 g/mol. The summed E-state index contributed by atoms with van der Waals surface area (Å²) in [4.78, 5) is 35.8. The molecule has 0 fully saturated rings. The summed E-state index contributed by atoms with van der Waals surface area (Å²) in [5.41, 5.74) is 0.665. The van der Waals surface area contributed by atoms with Gasteiger partial charge in [-0.25, -0.2) is 9.59 Å². The molecule has 1 rings (SSSR count). The Morgan fingerprint density at radius 2 is 1.64 bits per heavy atom. The van der Waals surface area contributed by atoms with Gasteiger partial charge in [-0.05, 0) is 38.5 Å². The van der Waals surface area contributed by atoms with E-state index in [2.05, 4.69) is 5.32 Å². The highest BCUT2D eigenvalue weighted by molar-refractivity contribution is 5.89. The molecule has 0 aliphatic heterocycles. The molecule has 0 aliphatic rings. The van der Waals surface area contributed by atoms with Crippen LogP contribution in [0.3, 0.4) is 0 Å². The van der Waals surface area contributed by atoms with E-state index in [-0.39, 0.29) is 18.2 Å². The molecule has 1 aromatic carbocycles. The second kappa shape index (κ2) is 8.65. The van der Waals surface area contributed by atoms with E-state index in [4.69, 9.17) is 9.47 Å². The van der Waals surface area contributed by atoms with Crippen LogP contribution in [0.15, 0.2) is 24.3 Å².